The normalized spacial score (nSPS) is 41.0. The van der Waals surface area contributed by atoms with Crippen LogP contribution in [0.4, 0.5) is 0 Å². The maximum absolute atomic E-state index is 6.41. The maximum atomic E-state index is 6.41. The van der Waals surface area contributed by atoms with Crippen LogP contribution in [-0.4, -0.2) is 30.1 Å². The van der Waals surface area contributed by atoms with E-state index in [1.54, 1.807) is 0 Å². The molecule has 4 unspecified atom stereocenters. The summed E-state index contributed by atoms with van der Waals surface area (Å²) in [5.74, 6) is 0.848. The predicted molar refractivity (Wildman–Crippen MR) is 78.6 cm³/mol. The van der Waals surface area contributed by atoms with Crippen LogP contribution in [0.1, 0.15) is 65.7 Å². The summed E-state index contributed by atoms with van der Waals surface area (Å²) in [5, 5.41) is 0. The van der Waals surface area contributed by atoms with Crippen LogP contribution in [0.3, 0.4) is 0 Å². The molecule has 0 amide bonds. The van der Waals surface area contributed by atoms with E-state index in [4.69, 9.17) is 5.73 Å². The Morgan fingerprint density at radius 3 is 2.39 bits per heavy atom. The summed E-state index contributed by atoms with van der Waals surface area (Å²) in [6.07, 6.45) is 9.37. The fourth-order valence-electron chi connectivity index (χ4n) is 4.16. The van der Waals surface area contributed by atoms with Gasteiger partial charge in [-0.25, -0.2) is 0 Å². The fraction of sp³-hybridized carbons (Fsp3) is 1.00. The van der Waals surface area contributed by atoms with E-state index >= 15 is 0 Å². The maximum Gasteiger partial charge on any atom is 0.0252 e. The molecule has 2 fully saturated rings. The van der Waals surface area contributed by atoms with Gasteiger partial charge in [-0.2, -0.15) is 0 Å². The van der Waals surface area contributed by atoms with Crippen molar-refractivity contribution in [3.8, 4) is 0 Å². The standard InChI is InChI=1S/C16H32N2/c1-12-7-5-6-8-14(12)18(4)15-11-16(2,3)10-9-13(15)17/h12-15H,5-11,17H2,1-4H3. The lowest BCUT2D eigenvalue weighted by Gasteiger charge is -2.48. The van der Waals surface area contributed by atoms with Gasteiger partial charge in [0.05, 0.1) is 0 Å². The van der Waals surface area contributed by atoms with E-state index in [0.29, 0.717) is 17.5 Å². The summed E-state index contributed by atoms with van der Waals surface area (Å²) >= 11 is 0. The Labute approximate surface area is 113 Å². The third-order valence-electron chi connectivity index (χ3n) is 5.52. The molecule has 2 N–H and O–H groups in total. The monoisotopic (exact) mass is 252 g/mol. The smallest absolute Gasteiger partial charge is 0.0252 e. The van der Waals surface area contributed by atoms with Gasteiger partial charge >= 0.3 is 0 Å². The zero-order valence-corrected chi connectivity index (χ0v) is 12.8. The number of nitrogens with two attached hydrogens (primary N) is 1. The highest BCUT2D eigenvalue weighted by Crippen LogP contribution is 2.39. The molecular formula is C16H32N2. The molecule has 18 heavy (non-hydrogen) atoms. The SMILES string of the molecule is CC1CCCCC1N(C)C1CC(C)(C)CCC1N. The van der Waals surface area contributed by atoms with Crippen molar-refractivity contribution in [3.63, 3.8) is 0 Å². The minimum absolute atomic E-state index is 0.386. The van der Waals surface area contributed by atoms with Gasteiger partial charge in [0.2, 0.25) is 0 Å². The first kappa shape index (κ1) is 14.3. The van der Waals surface area contributed by atoms with Gasteiger partial charge in [0.15, 0.2) is 0 Å². The summed E-state index contributed by atoms with van der Waals surface area (Å²) in [7, 11) is 2.33. The van der Waals surface area contributed by atoms with Gasteiger partial charge in [-0.1, -0.05) is 33.6 Å². The molecule has 2 aliphatic carbocycles. The van der Waals surface area contributed by atoms with Crippen LogP contribution in [0, 0.1) is 11.3 Å². The average Bonchev–Trinajstić information content (AvgIpc) is 2.32. The zero-order chi connectivity index (χ0) is 13.3. The minimum Gasteiger partial charge on any atom is -0.326 e. The largest absolute Gasteiger partial charge is 0.326 e. The van der Waals surface area contributed by atoms with Crippen molar-refractivity contribution in [1.82, 2.24) is 4.90 Å². The molecule has 106 valence electrons. The molecule has 0 spiro atoms. The molecule has 0 saturated heterocycles. The highest BCUT2D eigenvalue weighted by atomic mass is 15.2. The number of hydrogen-bond donors (Lipinski definition) is 1. The number of nitrogens with zero attached hydrogens (tertiary/aromatic N) is 1. The van der Waals surface area contributed by atoms with E-state index in [2.05, 4.69) is 32.7 Å². The number of rotatable bonds is 2. The molecule has 0 aromatic heterocycles. The minimum atomic E-state index is 0.386. The Morgan fingerprint density at radius 2 is 1.72 bits per heavy atom. The van der Waals surface area contributed by atoms with Crippen LogP contribution >= 0.6 is 0 Å². The van der Waals surface area contributed by atoms with Gasteiger partial charge in [0.25, 0.3) is 0 Å². The van der Waals surface area contributed by atoms with E-state index in [0.717, 1.165) is 12.0 Å². The second-order valence-corrected chi connectivity index (χ2v) is 7.63. The second-order valence-electron chi connectivity index (χ2n) is 7.63. The van der Waals surface area contributed by atoms with E-state index in [1.165, 1.54) is 44.9 Å². The molecule has 0 aliphatic heterocycles. The molecule has 0 radical (unpaired) electrons. The first-order valence-corrected chi connectivity index (χ1v) is 7.88. The lowest BCUT2D eigenvalue weighted by Crippen LogP contribution is -2.56. The lowest BCUT2D eigenvalue weighted by molar-refractivity contribution is 0.0340. The van der Waals surface area contributed by atoms with Crippen molar-refractivity contribution >= 4 is 0 Å². The molecule has 2 aliphatic rings. The molecule has 2 heteroatoms. The summed E-state index contributed by atoms with van der Waals surface area (Å²) < 4.78 is 0. The van der Waals surface area contributed by atoms with Crippen LogP contribution in [0.15, 0.2) is 0 Å². The first-order chi connectivity index (χ1) is 8.41. The molecule has 0 heterocycles. The molecule has 0 bridgehead atoms. The van der Waals surface area contributed by atoms with Crippen molar-refractivity contribution in [2.75, 3.05) is 7.05 Å². The van der Waals surface area contributed by atoms with Crippen LogP contribution in [0.25, 0.3) is 0 Å². The van der Waals surface area contributed by atoms with E-state index < -0.39 is 0 Å². The molecule has 2 nitrogen and oxygen atoms in total. The van der Waals surface area contributed by atoms with Gasteiger partial charge in [0, 0.05) is 18.1 Å². The third-order valence-corrected chi connectivity index (χ3v) is 5.52. The molecule has 0 aromatic carbocycles. The summed E-state index contributed by atoms with van der Waals surface area (Å²) in [6.45, 7) is 7.24. The Bertz CT molecular complexity index is 274. The highest BCUT2D eigenvalue weighted by Gasteiger charge is 2.38. The molecule has 4 atom stereocenters. The Hall–Kier alpha value is -0.0800. The number of likely N-dealkylation sites (N-methyl/N-ethyl adjacent to an activating group) is 1. The van der Waals surface area contributed by atoms with Crippen molar-refractivity contribution in [1.29, 1.82) is 0 Å². The Kier molecular flexibility index (Phi) is 4.38. The van der Waals surface area contributed by atoms with Gasteiger partial charge in [-0.3, -0.25) is 4.90 Å². The quantitative estimate of drug-likeness (QED) is 0.816. The van der Waals surface area contributed by atoms with Crippen LogP contribution < -0.4 is 5.73 Å². The molecule has 2 saturated carbocycles. The van der Waals surface area contributed by atoms with Gasteiger partial charge in [-0.15, -0.1) is 0 Å². The van der Waals surface area contributed by atoms with Crippen molar-refractivity contribution in [3.05, 3.63) is 0 Å². The predicted octanol–water partition coefficient (Wildman–Crippen LogP) is 3.40. The second kappa shape index (κ2) is 5.50. The average molecular weight is 252 g/mol. The highest BCUT2D eigenvalue weighted by molar-refractivity contribution is 4.95. The third kappa shape index (κ3) is 3.08. The van der Waals surface area contributed by atoms with Crippen molar-refractivity contribution in [2.24, 2.45) is 17.1 Å². The molecular weight excluding hydrogens is 220 g/mol. The number of hydrogen-bond acceptors (Lipinski definition) is 2. The Balaban J connectivity index is 2.04. The van der Waals surface area contributed by atoms with Gasteiger partial charge in [0.1, 0.15) is 0 Å². The lowest BCUT2D eigenvalue weighted by atomic mass is 9.72. The van der Waals surface area contributed by atoms with E-state index in [1.807, 2.05) is 0 Å². The van der Waals surface area contributed by atoms with E-state index in [9.17, 15) is 0 Å². The van der Waals surface area contributed by atoms with Crippen molar-refractivity contribution in [2.45, 2.75) is 83.8 Å². The molecule has 0 aromatic rings. The zero-order valence-electron chi connectivity index (χ0n) is 12.8. The fourth-order valence-corrected chi connectivity index (χ4v) is 4.16. The van der Waals surface area contributed by atoms with Crippen molar-refractivity contribution < 1.29 is 0 Å². The first-order valence-electron chi connectivity index (χ1n) is 7.88. The summed E-state index contributed by atoms with van der Waals surface area (Å²) in [4.78, 5) is 2.65. The van der Waals surface area contributed by atoms with Gasteiger partial charge < -0.3 is 5.73 Å². The topological polar surface area (TPSA) is 29.3 Å². The van der Waals surface area contributed by atoms with Crippen LogP contribution in [0.2, 0.25) is 0 Å². The van der Waals surface area contributed by atoms with Gasteiger partial charge in [-0.05, 0) is 50.5 Å². The van der Waals surface area contributed by atoms with Crippen LogP contribution in [0.5, 0.6) is 0 Å². The summed E-state index contributed by atoms with van der Waals surface area (Å²) in [5.41, 5.74) is 6.89. The summed E-state index contributed by atoms with van der Waals surface area (Å²) in [6, 6.07) is 1.75. The van der Waals surface area contributed by atoms with E-state index in [-0.39, 0.29) is 0 Å². The van der Waals surface area contributed by atoms with Crippen LogP contribution in [-0.2, 0) is 0 Å². The molecule has 2 rings (SSSR count). The Morgan fingerprint density at radius 1 is 1.06 bits per heavy atom.